The number of nitro benzene ring substituents is 1. The summed E-state index contributed by atoms with van der Waals surface area (Å²) < 4.78 is 0. The molecular weight excluding hydrogens is 282 g/mol. The SMILES string of the molecule is CCC(CC)(CN)NC(=O)c1cc(Cl)ccc1[N+](=O)[O-]. The summed E-state index contributed by atoms with van der Waals surface area (Å²) in [7, 11) is 0. The van der Waals surface area contributed by atoms with Gasteiger partial charge >= 0.3 is 0 Å². The van der Waals surface area contributed by atoms with Gasteiger partial charge in [0.1, 0.15) is 5.56 Å². The second kappa shape index (κ2) is 6.67. The van der Waals surface area contributed by atoms with Crippen molar-refractivity contribution in [1.82, 2.24) is 5.32 Å². The number of carbonyl (C=O) groups is 1. The molecule has 0 spiro atoms. The lowest BCUT2D eigenvalue weighted by Crippen LogP contribution is -2.52. The minimum absolute atomic E-state index is 0.0535. The highest BCUT2D eigenvalue weighted by atomic mass is 35.5. The Morgan fingerprint density at radius 2 is 2.05 bits per heavy atom. The van der Waals surface area contributed by atoms with Crippen LogP contribution in [0.4, 0.5) is 5.69 Å². The van der Waals surface area contributed by atoms with Gasteiger partial charge in [-0.3, -0.25) is 14.9 Å². The average Bonchev–Trinajstić information content (AvgIpc) is 2.44. The van der Waals surface area contributed by atoms with Crippen LogP contribution in [0.5, 0.6) is 0 Å². The molecule has 20 heavy (non-hydrogen) atoms. The first-order valence-corrected chi connectivity index (χ1v) is 6.73. The van der Waals surface area contributed by atoms with Crippen molar-refractivity contribution >= 4 is 23.2 Å². The van der Waals surface area contributed by atoms with Gasteiger partial charge in [-0.05, 0) is 25.0 Å². The molecule has 0 aromatic heterocycles. The van der Waals surface area contributed by atoms with Crippen molar-refractivity contribution in [3.63, 3.8) is 0 Å². The van der Waals surface area contributed by atoms with Crippen molar-refractivity contribution in [1.29, 1.82) is 0 Å². The van der Waals surface area contributed by atoms with Gasteiger partial charge in [0.25, 0.3) is 11.6 Å². The summed E-state index contributed by atoms with van der Waals surface area (Å²) >= 11 is 5.81. The number of rotatable bonds is 6. The second-order valence-corrected chi connectivity index (χ2v) is 5.00. The molecule has 1 rings (SSSR count). The van der Waals surface area contributed by atoms with Gasteiger partial charge in [0.15, 0.2) is 0 Å². The highest BCUT2D eigenvalue weighted by molar-refractivity contribution is 6.31. The van der Waals surface area contributed by atoms with Crippen LogP contribution in [0, 0.1) is 10.1 Å². The van der Waals surface area contributed by atoms with Gasteiger partial charge in [-0.15, -0.1) is 0 Å². The summed E-state index contributed by atoms with van der Waals surface area (Å²) in [6.07, 6.45) is 1.28. The Morgan fingerprint density at radius 3 is 2.50 bits per heavy atom. The zero-order valence-electron chi connectivity index (χ0n) is 11.5. The molecule has 6 nitrogen and oxygen atoms in total. The van der Waals surface area contributed by atoms with Gasteiger partial charge in [-0.1, -0.05) is 25.4 Å². The second-order valence-electron chi connectivity index (χ2n) is 4.56. The molecule has 1 aromatic carbocycles. The van der Waals surface area contributed by atoms with Gasteiger partial charge < -0.3 is 11.1 Å². The zero-order chi connectivity index (χ0) is 15.3. The quantitative estimate of drug-likeness (QED) is 0.623. The summed E-state index contributed by atoms with van der Waals surface area (Å²) in [4.78, 5) is 22.7. The predicted molar refractivity (Wildman–Crippen MR) is 77.9 cm³/mol. The lowest BCUT2D eigenvalue weighted by molar-refractivity contribution is -0.385. The third kappa shape index (κ3) is 3.46. The number of nitrogens with two attached hydrogens (primary N) is 1. The molecule has 7 heteroatoms. The third-order valence-electron chi connectivity index (χ3n) is 3.52. The van der Waals surface area contributed by atoms with E-state index in [0.29, 0.717) is 12.8 Å². The van der Waals surface area contributed by atoms with E-state index in [1.165, 1.54) is 18.2 Å². The molecule has 0 atom stereocenters. The molecular formula is C13H18ClN3O3. The summed E-state index contributed by atoms with van der Waals surface area (Å²) in [6.45, 7) is 4.08. The van der Waals surface area contributed by atoms with Gasteiger partial charge in [-0.25, -0.2) is 0 Å². The topological polar surface area (TPSA) is 98.3 Å². The number of nitrogens with one attached hydrogen (secondary N) is 1. The molecule has 110 valence electrons. The number of amides is 1. The lowest BCUT2D eigenvalue weighted by atomic mass is 9.92. The van der Waals surface area contributed by atoms with E-state index in [1.807, 2.05) is 13.8 Å². The minimum Gasteiger partial charge on any atom is -0.345 e. The Labute approximate surface area is 122 Å². The third-order valence-corrected chi connectivity index (χ3v) is 3.76. The van der Waals surface area contributed by atoms with Crippen LogP contribution in [0.3, 0.4) is 0 Å². The molecule has 0 radical (unpaired) electrons. The fourth-order valence-corrected chi connectivity index (χ4v) is 2.10. The predicted octanol–water partition coefficient (Wildman–Crippen LogP) is 2.50. The monoisotopic (exact) mass is 299 g/mol. The van der Waals surface area contributed by atoms with Crippen LogP contribution >= 0.6 is 11.6 Å². The van der Waals surface area contributed by atoms with Gasteiger partial charge in [-0.2, -0.15) is 0 Å². The summed E-state index contributed by atoms with van der Waals surface area (Å²) in [5.41, 5.74) is 4.82. The van der Waals surface area contributed by atoms with E-state index < -0.39 is 16.4 Å². The standard InChI is InChI=1S/C13H18ClN3O3/c1-3-13(4-2,8-15)16-12(18)10-7-9(14)5-6-11(10)17(19)20/h5-7H,3-4,8,15H2,1-2H3,(H,16,18). The molecule has 0 aliphatic carbocycles. The molecule has 1 aromatic rings. The molecule has 3 N–H and O–H groups in total. The maximum Gasteiger partial charge on any atom is 0.282 e. The van der Waals surface area contributed by atoms with Crippen molar-refractivity contribution in [2.45, 2.75) is 32.2 Å². The van der Waals surface area contributed by atoms with Gasteiger partial charge in [0.2, 0.25) is 0 Å². The fraction of sp³-hybridized carbons (Fsp3) is 0.462. The number of benzene rings is 1. The molecule has 0 unspecified atom stereocenters. The molecule has 0 heterocycles. The molecule has 0 saturated heterocycles. The number of hydrogen-bond acceptors (Lipinski definition) is 4. The zero-order valence-corrected chi connectivity index (χ0v) is 12.2. The molecule has 0 aliphatic rings. The highest BCUT2D eigenvalue weighted by Gasteiger charge is 2.29. The van der Waals surface area contributed by atoms with Crippen molar-refractivity contribution in [3.05, 3.63) is 38.9 Å². The Balaban J connectivity index is 3.15. The number of nitro groups is 1. The van der Waals surface area contributed by atoms with Crippen LogP contribution in [0.1, 0.15) is 37.0 Å². The Morgan fingerprint density at radius 1 is 1.45 bits per heavy atom. The summed E-state index contributed by atoms with van der Waals surface area (Å²) in [5, 5.41) is 14.0. The van der Waals surface area contributed by atoms with Crippen molar-refractivity contribution in [3.8, 4) is 0 Å². The first-order chi connectivity index (χ1) is 9.39. The van der Waals surface area contributed by atoms with Crippen molar-refractivity contribution < 1.29 is 9.72 Å². The Hall–Kier alpha value is -1.66. The number of carbonyl (C=O) groups excluding carboxylic acids is 1. The van der Waals surface area contributed by atoms with E-state index in [-0.39, 0.29) is 22.8 Å². The summed E-state index contributed by atoms with van der Waals surface area (Å²) in [5.74, 6) is -0.534. The van der Waals surface area contributed by atoms with Crippen LogP contribution in [0.25, 0.3) is 0 Å². The van der Waals surface area contributed by atoms with E-state index >= 15 is 0 Å². The summed E-state index contributed by atoms with van der Waals surface area (Å²) in [6, 6.07) is 3.90. The van der Waals surface area contributed by atoms with Crippen molar-refractivity contribution in [2.75, 3.05) is 6.54 Å². The average molecular weight is 300 g/mol. The first kappa shape index (κ1) is 16.4. The molecule has 0 bridgehead atoms. The minimum atomic E-state index is -0.604. The fourth-order valence-electron chi connectivity index (χ4n) is 1.92. The van der Waals surface area contributed by atoms with Crippen LogP contribution in [-0.2, 0) is 0 Å². The van der Waals surface area contributed by atoms with Crippen molar-refractivity contribution in [2.24, 2.45) is 5.73 Å². The van der Waals surface area contributed by atoms with Gasteiger partial charge in [0, 0.05) is 17.6 Å². The van der Waals surface area contributed by atoms with E-state index in [9.17, 15) is 14.9 Å². The van der Waals surface area contributed by atoms with E-state index in [0.717, 1.165) is 0 Å². The maximum absolute atomic E-state index is 12.3. The van der Waals surface area contributed by atoms with Gasteiger partial charge in [0.05, 0.1) is 10.5 Å². The van der Waals surface area contributed by atoms with Crippen LogP contribution in [-0.4, -0.2) is 22.9 Å². The number of halogens is 1. The smallest absolute Gasteiger partial charge is 0.282 e. The maximum atomic E-state index is 12.3. The van der Waals surface area contributed by atoms with E-state index in [1.54, 1.807) is 0 Å². The normalized spacial score (nSPS) is 11.2. The van der Waals surface area contributed by atoms with Crippen LogP contribution in [0.2, 0.25) is 5.02 Å². The highest BCUT2D eigenvalue weighted by Crippen LogP contribution is 2.24. The lowest BCUT2D eigenvalue weighted by Gasteiger charge is -2.31. The molecule has 1 amide bonds. The van der Waals surface area contributed by atoms with Crippen LogP contribution in [0.15, 0.2) is 18.2 Å². The number of hydrogen-bond donors (Lipinski definition) is 2. The molecule has 0 saturated carbocycles. The Kier molecular flexibility index (Phi) is 5.47. The molecule has 0 fully saturated rings. The van der Waals surface area contributed by atoms with E-state index in [2.05, 4.69) is 5.32 Å². The Bertz CT molecular complexity index is 507. The van der Waals surface area contributed by atoms with Crippen LogP contribution < -0.4 is 11.1 Å². The van der Waals surface area contributed by atoms with E-state index in [4.69, 9.17) is 17.3 Å². The first-order valence-electron chi connectivity index (χ1n) is 6.35. The molecule has 0 aliphatic heterocycles. The largest absolute Gasteiger partial charge is 0.345 e. The number of nitrogens with zero attached hydrogens (tertiary/aromatic N) is 1.